The summed E-state index contributed by atoms with van der Waals surface area (Å²) in [7, 11) is 1.25. The number of rotatable bonds is 9. The molecule has 0 aliphatic rings. The molecule has 9 nitrogen and oxygen atoms in total. The molecule has 0 fully saturated rings. The third-order valence-corrected chi connectivity index (χ3v) is 4.20. The molecule has 9 heteroatoms. The van der Waals surface area contributed by atoms with Crippen LogP contribution in [-0.2, 0) is 20.8 Å². The second-order valence-electron chi connectivity index (χ2n) is 6.28. The first-order chi connectivity index (χ1) is 14.3. The SMILES string of the molecule is CCOC(=O)c1cc(C(=O)N(CCC(=O)OC)Cc2ccccc2)cc([N+](=O)[O-])c1. The predicted molar refractivity (Wildman–Crippen MR) is 107 cm³/mol. The number of benzene rings is 2. The number of nitrogens with zero attached hydrogens (tertiary/aromatic N) is 2. The Morgan fingerprint density at radius 3 is 2.33 bits per heavy atom. The van der Waals surface area contributed by atoms with E-state index in [1.807, 2.05) is 30.3 Å². The van der Waals surface area contributed by atoms with Gasteiger partial charge in [0, 0.05) is 30.8 Å². The van der Waals surface area contributed by atoms with Crippen LogP contribution in [0.15, 0.2) is 48.5 Å². The minimum Gasteiger partial charge on any atom is -0.469 e. The van der Waals surface area contributed by atoms with Crippen molar-refractivity contribution in [3.05, 3.63) is 75.3 Å². The summed E-state index contributed by atoms with van der Waals surface area (Å²) in [6.45, 7) is 1.91. The number of non-ortho nitro benzene ring substituents is 1. The summed E-state index contributed by atoms with van der Waals surface area (Å²) in [5.41, 5.74) is 0.262. The van der Waals surface area contributed by atoms with E-state index in [2.05, 4.69) is 4.74 Å². The fourth-order valence-electron chi connectivity index (χ4n) is 2.74. The van der Waals surface area contributed by atoms with Crippen LogP contribution in [0.1, 0.15) is 39.6 Å². The predicted octanol–water partition coefficient (Wildman–Crippen LogP) is 2.98. The van der Waals surface area contributed by atoms with Gasteiger partial charge in [-0.05, 0) is 18.6 Å². The quantitative estimate of drug-likeness (QED) is 0.352. The van der Waals surface area contributed by atoms with Crippen LogP contribution in [0.2, 0.25) is 0 Å². The summed E-state index contributed by atoms with van der Waals surface area (Å²) in [5.74, 6) is -1.82. The van der Waals surface area contributed by atoms with Gasteiger partial charge in [-0.15, -0.1) is 0 Å². The molecule has 158 valence electrons. The Balaban J connectivity index is 2.39. The molecule has 1 amide bonds. The van der Waals surface area contributed by atoms with Crippen LogP contribution in [0, 0.1) is 10.1 Å². The first kappa shape index (κ1) is 22.5. The molecule has 2 aromatic carbocycles. The van der Waals surface area contributed by atoms with E-state index in [1.165, 1.54) is 18.1 Å². The van der Waals surface area contributed by atoms with Crippen LogP contribution in [-0.4, -0.2) is 47.9 Å². The highest BCUT2D eigenvalue weighted by Crippen LogP contribution is 2.21. The molecule has 0 aromatic heterocycles. The van der Waals surface area contributed by atoms with Crippen molar-refractivity contribution in [2.45, 2.75) is 19.9 Å². The standard InChI is InChI=1S/C21H22N2O7/c1-3-30-21(26)17-11-16(12-18(13-17)23(27)28)20(25)22(10-9-19(24)29-2)14-15-7-5-4-6-8-15/h4-8,11-13H,3,9-10,14H2,1-2H3. The van der Waals surface area contributed by atoms with Gasteiger partial charge in [0.2, 0.25) is 0 Å². The van der Waals surface area contributed by atoms with Gasteiger partial charge in [0.15, 0.2) is 0 Å². The lowest BCUT2D eigenvalue weighted by Gasteiger charge is -2.23. The number of nitro benzene ring substituents is 1. The summed E-state index contributed by atoms with van der Waals surface area (Å²) in [6.07, 6.45) is -0.0469. The van der Waals surface area contributed by atoms with Crippen molar-refractivity contribution in [1.82, 2.24) is 4.90 Å². The van der Waals surface area contributed by atoms with Crippen LogP contribution in [0.4, 0.5) is 5.69 Å². The summed E-state index contributed by atoms with van der Waals surface area (Å²) in [4.78, 5) is 48.8. The molecule has 0 atom stereocenters. The molecule has 30 heavy (non-hydrogen) atoms. The van der Waals surface area contributed by atoms with Gasteiger partial charge in [-0.25, -0.2) is 4.79 Å². The van der Waals surface area contributed by atoms with Crippen molar-refractivity contribution < 1.29 is 28.8 Å². The maximum absolute atomic E-state index is 13.2. The largest absolute Gasteiger partial charge is 0.469 e. The molecule has 0 aliphatic carbocycles. The fourth-order valence-corrected chi connectivity index (χ4v) is 2.74. The van der Waals surface area contributed by atoms with Gasteiger partial charge in [-0.1, -0.05) is 30.3 Å². The summed E-state index contributed by atoms with van der Waals surface area (Å²) in [6, 6.07) is 12.5. The van der Waals surface area contributed by atoms with E-state index < -0.39 is 28.5 Å². The van der Waals surface area contributed by atoms with E-state index in [-0.39, 0.29) is 37.2 Å². The topological polar surface area (TPSA) is 116 Å². The lowest BCUT2D eigenvalue weighted by atomic mass is 10.1. The minimum absolute atomic E-state index is 0.0395. The lowest BCUT2D eigenvalue weighted by molar-refractivity contribution is -0.384. The van der Waals surface area contributed by atoms with Gasteiger partial charge in [-0.2, -0.15) is 0 Å². The summed E-state index contributed by atoms with van der Waals surface area (Å²) < 4.78 is 9.54. The third kappa shape index (κ3) is 6.13. The van der Waals surface area contributed by atoms with Crippen molar-refractivity contribution >= 4 is 23.5 Å². The smallest absolute Gasteiger partial charge is 0.338 e. The van der Waals surface area contributed by atoms with Gasteiger partial charge < -0.3 is 14.4 Å². The fraction of sp³-hybridized carbons (Fsp3) is 0.286. The maximum atomic E-state index is 13.2. The number of nitro groups is 1. The Kier molecular flexibility index (Phi) is 8.04. The monoisotopic (exact) mass is 414 g/mol. The molecule has 2 aromatic rings. The molecule has 0 heterocycles. The molecule has 0 N–H and O–H groups in total. The molecule has 0 radical (unpaired) electrons. The van der Waals surface area contributed by atoms with Gasteiger partial charge in [0.1, 0.15) is 0 Å². The number of methoxy groups -OCH3 is 1. The zero-order chi connectivity index (χ0) is 22.1. The number of hydrogen-bond donors (Lipinski definition) is 0. The summed E-state index contributed by atoms with van der Waals surface area (Å²) >= 11 is 0. The number of ether oxygens (including phenoxy) is 2. The van der Waals surface area contributed by atoms with E-state index in [1.54, 1.807) is 6.92 Å². The number of esters is 2. The van der Waals surface area contributed by atoms with Crippen LogP contribution < -0.4 is 0 Å². The summed E-state index contributed by atoms with van der Waals surface area (Å²) in [5, 5.41) is 11.3. The zero-order valence-electron chi connectivity index (χ0n) is 16.7. The van der Waals surface area contributed by atoms with Crippen LogP contribution in [0.25, 0.3) is 0 Å². The van der Waals surface area contributed by atoms with Gasteiger partial charge >= 0.3 is 11.9 Å². The number of carbonyl (C=O) groups is 3. The van der Waals surface area contributed by atoms with Crippen molar-refractivity contribution in [2.75, 3.05) is 20.3 Å². The molecule has 0 aliphatic heterocycles. The first-order valence-electron chi connectivity index (χ1n) is 9.22. The average molecular weight is 414 g/mol. The highest BCUT2D eigenvalue weighted by molar-refractivity contribution is 5.99. The van der Waals surface area contributed by atoms with Crippen molar-refractivity contribution in [1.29, 1.82) is 0 Å². The highest BCUT2D eigenvalue weighted by atomic mass is 16.6. The molecular weight excluding hydrogens is 392 g/mol. The van der Waals surface area contributed by atoms with Crippen LogP contribution >= 0.6 is 0 Å². The van der Waals surface area contributed by atoms with Crippen LogP contribution in [0.3, 0.4) is 0 Å². The first-order valence-corrected chi connectivity index (χ1v) is 9.22. The van der Waals surface area contributed by atoms with Crippen molar-refractivity contribution in [3.63, 3.8) is 0 Å². The Hall–Kier alpha value is -3.75. The Bertz CT molecular complexity index is 928. The molecular formula is C21H22N2O7. The second kappa shape index (κ2) is 10.7. The van der Waals surface area contributed by atoms with Gasteiger partial charge in [0.25, 0.3) is 11.6 Å². The number of carbonyl (C=O) groups excluding carboxylic acids is 3. The normalized spacial score (nSPS) is 10.2. The van der Waals surface area contributed by atoms with E-state index >= 15 is 0 Å². The van der Waals surface area contributed by atoms with E-state index in [4.69, 9.17) is 4.74 Å². The Labute approximate surface area is 173 Å². The second-order valence-corrected chi connectivity index (χ2v) is 6.28. The van der Waals surface area contributed by atoms with E-state index in [9.17, 15) is 24.5 Å². The maximum Gasteiger partial charge on any atom is 0.338 e. The van der Waals surface area contributed by atoms with Crippen LogP contribution in [0.5, 0.6) is 0 Å². The minimum atomic E-state index is -0.764. The zero-order valence-corrected chi connectivity index (χ0v) is 16.7. The number of hydrogen-bond acceptors (Lipinski definition) is 7. The van der Waals surface area contributed by atoms with Gasteiger partial charge in [0.05, 0.1) is 30.6 Å². The van der Waals surface area contributed by atoms with E-state index in [0.717, 1.165) is 17.7 Å². The van der Waals surface area contributed by atoms with Crippen molar-refractivity contribution in [2.24, 2.45) is 0 Å². The molecule has 0 spiro atoms. The lowest BCUT2D eigenvalue weighted by Crippen LogP contribution is -2.33. The molecule has 2 rings (SSSR count). The average Bonchev–Trinajstić information content (AvgIpc) is 2.76. The molecule has 0 bridgehead atoms. The van der Waals surface area contributed by atoms with Crippen molar-refractivity contribution in [3.8, 4) is 0 Å². The highest BCUT2D eigenvalue weighted by Gasteiger charge is 2.23. The van der Waals surface area contributed by atoms with E-state index in [0.29, 0.717) is 0 Å². The Morgan fingerprint density at radius 1 is 1.07 bits per heavy atom. The number of amides is 1. The molecule has 0 unspecified atom stereocenters. The Morgan fingerprint density at radius 2 is 1.73 bits per heavy atom. The third-order valence-electron chi connectivity index (χ3n) is 4.20. The van der Waals surface area contributed by atoms with Gasteiger partial charge in [-0.3, -0.25) is 19.7 Å². The molecule has 0 saturated carbocycles. The molecule has 0 saturated heterocycles.